The van der Waals surface area contributed by atoms with Crippen molar-refractivity contribution in [3.8, 4) is 0 Å². The molecule has 16 N–H and O–H groups in total. The largest absolute Gasteiger partial charge is 0.744 e. The van der Waals surface area contributed by atoms with Crippen LogP contribution in [-0.4, -0.2) is 90.0 Å². The van der Waals surface area contributed by atoms with Gasteiger partial charge in [-0.25, -0.2) is 33.7 Å². The summed E-state index contributed by atoms with van der Waals surface area (Å²) in [6.07, 6.45) is 5.77. The standard InChI is InChI=1S/2C10H8O6S2.2C6H13N.2CH5N3/c2*11-17(12,13)9-5-1-3-7-8(9)4-2-6-10(7)18(14,15)16;2*1-6-3-2-4-7-5-6;2*2-1(3)4/h2*1-6H,(H,11,12,13)(H,14,15,16);2*6-7H,2-5H2,1H3;2*(H5,2,3,4)/t;;2*6-;;/m..10../s1. The van der Waals surface area contributed by atoms with Crippen LogP contribution >= 0.6 is 0 Å². The summed E-state index contributed by atoms with van der Waals surface area (Å²) in [6, 6.07) is 14.2. The normalized spacial score (nSPS) is 16.7. The van der Waals surface area contributed by atoms with Gasteiger partial charge in [0.1, 0.15) is 40.5 Å². The van der Waals surface area contributed by atoms with Gasteiger partial charge in [0, 0.05) is 33.4 Å². The molecule has 324 valence electrons. The number of guanidine groups is 2. The molecule has 0 bridgehead atoms. The number of hydrogen-bond acceptors (Lipinski definition) is 12. The van der Waals surface area contributed by atoms with Crippen molar-refractivity contribution < 1.29 is 73.3 Å². The zero-order valence-corrected chi connectivity index (χ0v) is 35.2. The molecular formula is C34H52N8O12S4. The smallest absolute Gasteiger partial charge is 0.336 e. The molecular weight excluding hydrogens is 841 g/mol. The number of fused-ring (bicyclic) bond motifs is 2. The summed E-state index contributed by atoms with van der Waals surface area (Å²) >= 11 is 0. The highest BCUT2D eigenvalue weighted by molar-refractivity contribution is 7.87. The van der Waals surface area contributed by atoms with Gasteiger partial charge in [-0.2, -0.15) is 0 Å². The summed E-state index contributed by atoms with van der Waals surface area (Å²) in [5.41, 5.74) is 18.3. The maximum Gasteiger partial charge on any atom is 0.336 e. The van der Waals surface area contributed by atoms with Crippen LogP contribution in [0.2, 0.25) is 0 Å². The Morgan fingerprint density at radius 3 is 0.828 bits per heavy atom. The van der Waals surface area contributed by atoms with Gasteiger partial charge >= 0.3 is 11.9 Å². The Morgan fingerprint density at radius 1 is 0.500 bits per heavy atom. The highest BCUT2D eigenvalue weighted by atomic mass is 32.2. The molecule has 2 heterocycles. The lowest BCUT2D eigenvalue weighted by Gasteiger charge is -2.14. The second-order valence-corrected chi connectivity index (χ2v) is 18.5. The fourth-order valence-corrected chi connectivity index (χ4v) is 8.41. The van der Waals surface area contributed by atoms with E-state index >= 15 is 0 Å². The summed E-state index contributed by atoms with van der Waals surface area (Å²) in [6.45, 7) is 10.1. The molecule has 0 aliphatic carbocycles. The van der Waals surface area contributed by atoms with Gasteiger partial charge in [-0.15, -0.1) is 0 Å². The fourth-order valence-electron chi connectivity index (χ4n) is 5.64. The Labute approximate surface area is 338 Å². The molecule has 2 saturated heterocycles. The van der Waals surface area contributed by atoms with E-state index in [-0.39, 0.29) is 33.5 Å². The second-order valence-electron chi connectivity index (χ2n) is 13.2. The van der Waals surface area contributed by atoms with Gasteiger partial charge in [0.05, 0.1) is 45.8 Å². The third-order valence-electron chi connectivity index (χ3n) is 8.11. The highest BCUT2D eigenvalue weighted by Crippen LogP contribution is 2.29. The number of benzene rings is 4. The number of nitrogens with two attached hydrogens (primary N) is 8. The van der Waals surface area contributed by atoms with Crippen LogP contribution in [0.5, 0.6) is 0 Å². The molecule has 20 nitrogen and oxygen atoms in total. The van der Waals surface area contributed by atoms with Crippen LogP contribution < -0.4 is 44.4 Å². The van der Waals surface area contributed by atoms with E-state index in [1.54, 1.807) is 0 Å². The average Bonchev–Trinajstić information content (AvgIpc) is 3.10. The van der Waals surface area contributed by atoms with E-state index in [0.29, 0.717) is 0 Å². The molecule has 4 aromatic rings. The lowest BCUT2D eigenvalue weighted by Crippen LogP contribution is -2.87. The van der Waals surface area contributed by atoms with Gasteiger partial charge in [0.25, 0.3) is 0 Å². The predicted molar refractivity (Wildman–Crippen MR) is 210 cm³/mol. The first-order chi connectivity index (χ1) is 26.7. The van der Waals surface area contributed by atoms with Crippen molar-refractivity contribution in [3.63, 3.8) is 0 Å². The van der Waals surface area contributed by atoms with E-state index in [9.17, 15) is 51.9 Å². The molecule has 0 spiro atoms. The summed E-state index contributed by atoms with van der Waals surface area (Å²) in [7, 11) is -19.0. The predicted octanol–water partition coefficient (Wildman–Crippen LogP) is -4.71. The van der Waals surface area contributed by atoms with E-state index in [2.05, 4.69) is 58.2 Å². The molecule has 0 radical (unpaired) electrons. The van der Waals surface area contributed by atoms with Crippen LogP contribution in [0, 0.1) is 11.8 Å². The quantitative estimate of drug-likeness (QED) is 0.0542. The lowest BCUT2D eigenvalue weighted by molar-refractivity contribution is -0.668. The summed E-state index contributed by atoms with van der Waals surface area (Å²) in [5.74, 6) is 1.79. The molecule has 58 heavy (non-hydrogen) atoms. The zero-order chi connectivity index (χ0) is 44.5. The van der Waals surface area contributed by atoms with Gasteiger partial charge < -0.3 is 28.8 Å². The Hall–Kier alpha value is -4.50. The SMILES string of the molecule is C[C@@H]1CCC[NH2+]C1.C[C@H]1CCC[NH2+]C1.NC(N)=[NH2+].NC(N)=[NH2+].O=S(=O)([O-])c1cccc2c(S(=O)(=O)[O-])cccc12.O=S(=O)([O-])c1cccc2c(S(=O)(=O)[O-])cccc12. The van der Waals surface area contributed by atoms with E-state index in [1.807, 2.05) is 0 Å². The van der Waals surface area contributed by atoms with Crippen molar-refractivity contribution in [1.82, 2.24) is 0 Å². The molecule has 4 aromatic carbocycles. The van der Waals surface area contributed by atoms with E-state index in [0.717, 1.165) is 36.1 Å². The molecule has 0 amide bonds. The average molecular weight is 893 g/mol. The Morgan fingerprint density at radius 2 is 0.707 bits per heavy atom. The third-order valence-corrected chi connectivity index (χ3v) is 11.7. The topological polar surface area (TPSA) is 417 Å². The highest BCUT2D eigenvalue weighted by Gasteiger charge is 2.14. The first-order valence-corrected chi connectivity index (χ1v) is 23.1. The minimum Gasteiger partial charge on any atom is -0.744 e. The zero-order valence-electron chi connectivity index (χ0n) is 31.9. The lowest BCUT2D eigenvalue weighted by atomic mass is 10.0. The van der Waals surface area contributed by atoms with Crippen molar-refractivity contribution in [2.24, 2.45) is 34.8 Å². The maximum absolute atomic E-state index is 11.0. The molecule has 24 heteroatoms. The molecule has 0 aromatic heterocycles. The number of piperidine rings is 2. The van der Waals surface area contributed by atoms with Crippen LogP contribution in [0.25, 0.3) is 21.5 Å². The minimum absolute atomic E-state index is 0.0792. The van der Waals surface area contributed by atoms with Crippen molar-refractivity contribution in [2.75, 3.05) is 26.2 Å². The van der Waals surface area contributed by atoms with Gasteiger partial charge in [0.15, 0.2) is 0 Å². The van der Waals surface area contributed by atoms with Crippen LogP contribution in [0.3, 0.4) is 0 Å². The van der Waals surface area contributed by atoms with Gasteiger partial charge in [-0.05, 0) is 49.9 Å². The number of quaternary nitrogens is 2. The number of rotatable bonds is 4. The molecule has 0 unspecified atom stereocenters. The monoisotopic (exact) mass is 892 g/mol. The van der Waals surface area contributed by atoms with Gasteiger partial charge in [-0.1, -0.05) is 62.4 Å². The third kappa shape index (κ3) is 18.8. The van der Waals surface area contributed by atoms with Crippen LogP contribution in [-0.2, 0) is 40.5 Å². The first-order valence-electron chi connectivity index (χ1n) is 17.4. The van der Waals surface area contributed by atoms with Crippen LogP contribution in [0.1, 0.15) is 39.5 Å². The van der Waals surface area contributed by atoms with Gasteiger partial charge in [-0.3, -0.25) is 33.8 Å². The van der Waals surface area contributed by atoms with Crippen molar-refractivity contribution in [2.45, 2.75) is 59.1 Å². The fraction of sp³-hybridized carbons (Fsp3) is 0.353. The molecule has 6 rings (SSSR count). The van der Waals surface area contributed by atoms with Crippen LogP contribution in [0.15, 0.2) is 92.4 Å². The Balaban J connectivity index is 0.000000387. The van der Waals surface area contributed by atoms with E-state index in [1.165, 1.54) is 100 Å². The molecule has 2 aliphatic heterocycles. The van der Waals surface area contributed by atoms with Crippen molar-refractivity contribution >= 4 is 73.9 Å². The van der Waals surface area contributed by atoms with Crippen LogP contribution in [0.4, 0.5) is 0 Å². The molecule has 0 saturated carbocycles. The van der Waals surface area contributed by atoms with E-state index in [4.69, 9.17) is 0 Å². The summed E-state index contributed by atoms with van der Waals surface area (Å²) < 4.78 is 132. The van der Waals surface area contributed by atoms with E-state index < -0.39 is 60.1 Å². The Kier molecular flexibility index (Phi) is 20.6. The van der Waals surface area contributed by atoms with Gasteiger partial charge in [0.2, 0.25) is 0 Å². The second kappa shape index (κ2) is 23.2. The first kappa shape index (κ1) is 51.5. The minimum atomic E-state index is -4.74. The van der Waals surface area contributed by atoms with Crippen molar-refractivity contribution in [3.05, 3.63) is 72.8 Å². The Bertz CT molecular complexity index is 2120. The van der Waals surface area contributed by atoms with Crippen molar-refractivity contribution in [1.29, 1.82) is 0 Å². The molecule has 2 atom stereocenters. The summed E-state index contributed by atoms with van der Waals surface area (Å²) in [5, 5.41) is 13.7. The summed E-state index contributed by atoms with van der Waals surface area (Å²) in [4.78, 5) is -2.20. The maximum atomic E-state index is 11.0. The molecule has 2 fully saturated rings. The number of hydrogen-bond donors (Lipinski definition) is 8. The molecule has 2 aliphatic rings.